The highest BCUT2D eigenvalue weighted by molar-refractivity contribution is 9.10. The first-order valence-electron chi connectivity index (χ1n) is 6.41. The molecule has 0 bridgehead atoms. The zero-order chi connectivity index (χ0) is 14.7. The Labute approximate surface area is 125 Å². The fourth-order valence-electron chi connectivity index (χ4n) is 2.20. The summed E-state index contributed by atoms with van der Waals surface area (Å²) in [7, 11) is 0. The Hall–Kier alpha value is -1.43. The summed E-state index contributed by atoms with van der Waals surface area (Å²) in [5, 5.41) is 0. The molecule has 1 aromatic carbocycles. The van der Waals surface area contributed by atoms with Crippen molar-refractivity contribution < 1.29 is 18.7 Å². The standard InChI is InChI=1S/C14H15BrFNO3/c1-2-17-7-9(5-13(17)18)8-20-14(19)11-6-10(15)3-4-12(11)16/h3-4,6,9H,2,5,7-8H2,1H3/t9-/m0/s1. The van der Waals surface area contributed by atoms with Crippen LogP contribution in [-0.2, 0) is 9.53 Å². The van der Waals surface area contributed by atoms with Crippen LogP contribution in [0.2, 0.25) is 0 Å². The molecule has 0 unspecified atom stereocenters. The van der Waals surface area contributed by atoms with Gasteiger partial charge in [0.25, 0.3) is 0 Å². The first-order valence-corrected chi connectivity index (χ1v) is 7.20. The summed E-state index contributed by atoms with van der Waals surface area (Å²) in [6.07, 6.45) is 0.377. The molecule has 1 aliphatic rings. The monoisotopic (exact) mass is 343 g/mol. The molecular formula is C14H15BrFNO3. The van der Waals surface area contributed by atoms with Crippen molar-refractivity contribution in [3.8, 4) is 0 Å². The smallest absolute Gasteiger partial charge is 0.341 e. The van der Waals surface area contributed by atoms with Gasteiger partial charge in [0.15, 0.2) is 0 Å². The number of carbonyl (C=O) groups is 2. The third-order valence-corrected chi connectivity index (χ3v) is 3.77. The number of benzene rings is 1. The van der Waals surface area contributed by atoms with Gasteiger partial charge in [0.05, 0.1) is 12.2 Å². The second-order valence-electron chi connectivity index (χ2n) is 4.73. The van der Waals surface area contributed by atoms with E-state index in [1.807, 2.05) is 6.92 Å². The minimum atomic E-state index is -0.703. The number of carbonyl (C=O) groups excluding carboxylic acids is 2. The summed E-state index contributed by atoms with van der Waals surface area (Å²) in [5.74, 6) is -1.26. The molecule has 1 atom stereocenters. The molecule has 108 valence electrons. The molecule has 1 fully saturated rings. The molecule has 1 aliphatic heterocycles. The Morgan fingerprint density at radius 1 is 1.55 bits per heavy atom. The molecule has 4 nitrogen and oxygen atoms in total. The van der Waals surface area contributed by atoms with Gasteiger partial charge in [-0.25, -0.2) is 9.18 Å². The number of ether oxygens (including phenoxy) is 1. The number of hydrogen-bond donors (Lipinski definition) is 0. The van der Waals surface area contributed by atoms with Gasteiger partial charge in [-0.1, -0.05) is 15.9 Å². The zero-order valence-corrected chi connectivity index (χ0v) is 12.7. The number of esters is 1. The number of rotatable bonds is 4. The molecule has 6 heteroatoms. The molecule has 0 N–H and O–H groups in total. The average molecular weight is 344 g/mol. The lowest BCUT2D eigenvalue weighted by molar-refractivity contribution is -0.127. The quantitative estimate of drug-likeness (QED) is 0.789. The van der Waals surface area contributed by atoms with Crippen molar-refractivity contribution >= 4 is 27.8 Å². The van der Waals surface area contributed by atoms with Gasteiger partial charge in [0.1, 0.15) is 5.82 Å². The molecule has 1 aromatic rings. The molecule has 0 radical (unpaired) electrons. The highest BCUT2D eigenvalue weighted by atomic mass is 79.9. The maximum atomic E-state index is 13.5. The maximum Gasteiger partial charge on any atom is 0.341 e. The second kappa shape index (κ2) is 6.35. The van der Waals surface area contributed by atoms with Gasteiger partial charge in [-0.05, 0) is 25.1 Å². The van der Waals surface area contributed by atoms with E-state index in [1.165, 1.54) is 18.2 Å². The lowest BCUT2D eigenvalue weighted by atomic mass is 10.1. The zero-order valence-electron chi connectivity index (χ0n) is 11.1. The fraction of sp³-hybridized carbons (Fsp3) is 0.429. The molecule has 1 heterocycles. The van der Waals surface area contributed by atoms with E-state index in [0.29, 0.717) is 24.0 Å². The molecule has 1 amide bonds. The summed E-state index contributed by atoms with van der Waals surface area (Å²) in [6, 6.07) is 4.11. The van der Waals surface area contributed by atoms with E-state index in [0.717, 1.165) is 0 Å². The van der Waals surface area contributed by atoms with Crippen molar-refractivity contribution in [1.82, 2.24) is 4.90 Å². The summed E-state index contributed by atoms with van der Waals surface area (Å²) >= 11 is 3.18. The topological polar surface area (TPSA) is 46.6 Å². The van der Waals surface area contributed by atoms with Gasteiger partial charge in [-0.3, -0.25) is 4.79 Å². The number of nitrogens with zero attached hydrogens (tertiary/aromatic N) is 1. The average Bonchev–Trinajstić information content (AvgIpc) is 2.79. The summed E-state index contributed by atoms with van der Waals surface area (Å²) < 4.78 is 19.2. The Morgan fingerprint density at radius 2 is 2.30 bits per heavy atom. The Balaban J connectivity index is 1.93. The van der Waals surface area contributed by atoms with Crippen LogP contribution in [0.1, 0.15) is 23.7 Å². The summed E-state index contributed by atoms with van der Waals surface area (Å²) in [5.41, 5.74) is -0.101. The molecule has 2 rings (SSSR count). The number of amides is 1. The SMILES string of the molecule is CCN1C[C@@H](COC(=O)c2cc(Br)ccc2F)CC1=O. The molecule has 1 saturated heterocycles. The van der Waals surface area contributed by atoms with Crippen LogP contribution < -0.4 is 0 Å². The third-order valence-electron chi connectivity index (χ3n) is 3.27. The van der Waals surface area contributed by atoms with Gasteiger partial charge >= 0.3 is 5.97 Å². The molecule has 0 aromatic heterocycles. The molecule has 0 aliphatic carbocycles. The van der Waals surface area contributed by atoms with Gasteiger partial charge in [0, 0.05) is 29.9 Å². The predicted molar refractivity (Wildman–Crippen MR) is 74.7 cm³/mol. The molecule has 0 spiro atoms. The van der Waals surface area contributed by atoms with Crippen molar-refractivity contribution in [3.05, 3.63) is 34.1 Å². The lowest BCUT2D eigenvalue weighted by Gasteiger charge is -2.13. The molecular weight excluding hydrogens is 329 g/mol. The number of likely N-dealkylation sites (tertiary alicyclic amines) is 1. The fourth-order valence-corrected chi connectivity index (χ4v) is 2.56. The van der Waals surface area contributed by atoms with Gasteiger partial charge < -0.3 is 9.64 Å². The van der Waals surface area contributed by atoms with E-state index < -0.39 is 11.8 Å². The minimum Gasteiger partial charge on any atom is -0.462 e. The first kappa shape index (κ1) is 15.0. The van der Waals surface area contributed by atoms with Gasteiger partial charge in [-0.15, -0.1) is 0 Å². The first-order chi connectivity index (χ1) is 9.51. The predicted octanol–water partition coefficient (Wildman–Crippen LogP) is 2.61. The van der Waals surface area contributed by atoms with Crippen molar-refractivity contribution in [2.75, 3.05) is 19.7 Å². The van der Waals surface area contributed by atoms with Crippen LogP contribution in [0.4, 0.5) is 4.39 Å². The van der Waals surface area contributed by atoms with Crippen molar-refractivity contribution in [1.29, 1.82) is 0 Å². The van der Waals surface area contributed by atoms with Crippen molar-refractivity contribution in [2.24, 2.45) is 5.92 Å². The highest BCUT2D eigenvalue weighted by Gasteiger charge is 2.29. The number of halogens is 2. The van der Waals surface area contributed by atoms with Crippen LogP contribution in [0.25, 0.3) is 0 Å². The largest absolute Gasteiger partial charge is 0.462 e. The van der Waals surface area contributed by atoms with E-state index in [9.17, 15) is 14.0 Å². The van der Waals surface area contributed by atoms with Crippen LogP contribution in [0, 0.1) is 11.7 Å². The highest BCUT2D eigenvalue weighted by Crippen LogP contribution is 2.20. The van der Waals surface area contributed by atoms with Crippen LogP contribution in [-0.4, -0.2) is 36.5 Å². The lowest BCUT2D eigenvalue weighted by Crippen LogP contribution is -2.25. The van der Waals surface area contributed by atoms with E-state index in [-0.39, 0.29) is 24.0 Å². The van der Waals surface area contributed by atoms with E-state index in [2.05, 4.69) is 15.9 Å². The normalized spacial score (nSPS) is 18.4. The third kappa shape index (κ3) is 3.36. The van der Waals surface area contributed by atoms with E-state index >= 15 is 0 Å². The Bertz CT molecular complexity index is 535. The summed E-state index contributed by atoms with van der Waals surface area (Å²) in [4.78, 5) is 25.1. The molecule has 20 heavy (non-hydrogen) atoms. The van der Waals surface area contributed by atoms with Crippen LogP contribution in [0.3, 0.4) is 0 Å². The molecule has 0 saturated carbocycles. The van der Waals surface area contributed by atoms with Crippen LogP contribution in [0.5, 0.6) is 0 Å². The van der Waals surface area contributed by atoms with Gasteiger partial charge in [0.2, 0.25) is 5.91 Å². The second-order valence-corrected chi connectivity index (χ2v) is 5.64. The maximum absolute atomic E-state index is 13.5. The minimum absolute atomic E-state index is 0.0124. The van der Waals surface area contributed by atoms with E-state index in [4.69, 9.17) is 4.74 Å². The van der Waals surface area contributed by atoms with Crippen LogP contribution >= 0.6 is 15.9 Å². The Kier molecular flexibility index (Phi) is 4.75. The van der Waals surface area contributed by atoms with Crippen molar-refractivity contribution in [3.63, 3.8) is 0 Å². The van der Waals surface area contributed by atoms with Gasteiger partial charge in [-0.2, -0.15) is 0 Å². The Morgan fingerprint density at radius 3 is 2.95 bits per heavy atom. The number of hydrogen-bond acceptors (Lipinski definition) is 3. The summed E-state index contributed by atoms with van der Waals surface area (Å²) in [6.45, 7) is 3.28. The van der Waals surface area contributed by atoms with Crippen molar-refractivity contribution in [2.45, 2.75) is 13.3 Å². The van der Waals surface area contributed by atoms with E-state index in [1.54, 1.807) is 4.90 Å². The van der Waals surface area contributed by atoms with Crippen LogP contribution in [0.15, 0.2) is 22.7 Å².